The molecule has 0 fully saturated rings. The third kappa shape index (κ3) is 3.11. The smallest absolute Gasteiger partial charge is 0.407 e. The lowest BCUT2D eigenvalue weighted by molar-refractivity contribution is -0.136. The first kappa shape index (κ1) is 16.1. The van der Waals surface area contributed by atoms with Crippen LogP contribution in [0.4, 0.5) is 4.79 Å². The molecule has 2 N–H and O–H groups in total. The highest BCUT2D eigenvalue weighted by Gasteiger charge is 2.33. The lowest BCUT2D eigenvalue weighted by Gasteiger charge is -2.22. The van der Waals surface area contributed by atoms with Crippen molar-refractivity contribution in [2.45, 2.75) is 25.4 Å². The number of aliphatic carboxylic acids is 1. The number of carbonyl (C=O) groups is 2. The van der Waals surface area contributed by atoms with Crippen LogP contribution in [0.25, 0.3) is 11.1 Å². The Hall–Kier alpha value is -2.82. The summed E-state index contributed by atoms with van der Waals surface area (Å²) in [4.78, 5) is 22.4. The lowest BCUT2D eigenvalue weighted by Crippen LogP contribution is -2.32. The van der Waals surface area contributed by atoms with E-state index in [2.05, 4.69) is 29.6 Å². The van der Waals surface area contributed by atoms with Crippen molar-refractivity contribution in [3.63, 3.8) is 0 Å². The average molecular weight is 325 g/mol. The number of carboxylic acid groups (broad SMARTS) is 1. The fraction of sp³-hybridized carbons (Fsp3) is 0.263. The lowest BCUT2D eigenvalue weighted by atomic mass is 9.92. The average Bonchev–Trinajstić information content (AvgIpc) is 2.89. The van der Waals surface area contributed by atoms with Crippen LogP contribution in [0.2, 0.25) is 0 Å². The van der Waals surface area contributed by atoms with Crippen LogP contribution >= 0.6 is 0 Å². The molecule has 1 aliphatic carbocycles. The van der Waals surface area contributed by atoms with Gasteiger partial charge in [0.25, 0.3) is 0 Å². The van der Waals surface area contributed by atoms with Gasteiger partial charge in [-0.2, -0.15) is 0 Å². The molecule has 5 heteroatoms. The molecule has 0 bridgehead atoms. The van der Waals surface area contributed by atoms with E-state index in [9.17, 15) is 9.59 Å². The number of nitrogens with one attached hydrogen (secondary N) is 1. The van der Waals surface area contributed by atoms with Crippen LogP contribution in [-0.4, -0.2) is 29.8 Å². The molecule has 124 valence electrons. The van der Waals surface area contributed by atoms with E-state index in [-0.39, 0.29) is 25.0 Å². The quantitative estimate of drug-likeness (QED) is 0.883. The Morgan fingerprint density at radius 2 is 1.62 bits per heavy atom. The molecule has 2 aromatic rings. The summed E-state index contributed by atoms with van der Waals surface area (Å²) < 4.78 is 5.49. The summed E-state index contributed by atoms with van der Waals surface area (Å²) in [5.41, 5.74) is 4.62. The number of hydrogen-bond donors (Lipinski definition) is 2. The molecule has 0 spiro atoms. The first-order chi connectivity index (χ1) is 11.6. The van der Waals surface area contributed by atoms with Gasteiger partial charge in [0.1, 0.15) is 6.10 Å². The summed E-state index contributed by atoms with van der Waals surface area (Å²) >= 11 is 0. The van der Waals surface area contributed by atoms with Crippen LogP contribution < -0.4 is 5.32 Å². The molecular formula is C19H19NO4. The van der Waals surface area contributed by atoms with Crippen LogP contribution in [0.5, 0.6) is 0 Å². The molecule has 5 nitrogen and oxygen atoms in total. The summed E-state index contributed by atoms with van der Waals surface area (Å²) in [6, 6.07) is 16.2. The summed E-state index contributed by atoms with van der Waals surface area (Å²) in [6.45, 7) is 1.92. The molecule has 0 heterocycles. The molecule has 2 aromatic carbocycles. The molecule has 0 aliphatic heterocycles. The molecule has 0 radical (unpaired) electrons. The minimum absolute atomic E-state index is 0.0253. The van der Waals surface area contributed by atoms with Crippen molar-refractivity contribution in [2.75, 3.05) is 6.54 Å². The summed E-state index contributed by atoms with van der Waals surface area (Å²) in [6.07, 6.45) is -1.08. The zero-order valence-electron chi connectivity index (χ0n) is 13.4. The number of carbonyl (C=O) groups excluding carboxylic acids is 1. The Labute approximate surface area is 140 Å². The SMILES string of the molecule is C[C@@H](OC(=O)NCCC(=O)O)C1c2ccccc2-c2ccccc21. The Morgan fingerprint density at radius 3 is 2.17 bits per heavy atom. The van der Waals surface area contributed by atoms with Crippen LogP contribution in [-0.2, 0) is 9.53 Å². The van der Waals surface area contributed by atoms with Gasteiger partial charge in [-0.15, -0.1) is 0 Å². The zero-order valence-corrected chi connectivity index (χ0v) is 13.4. The number of benzene rings is 2. The van der Waals surface area contributed by atoms with Gasteiger partial charge in [0.15, 0.2) is 0 Å². The van der Waals surface area contributed by atoms with Crippen molar-refractivity contribution < 1.29 is 19.4 Å². The third-order valence-electron chi connectivity index (χ3n) is 4.25. The van der Waals surface area contributed by atoms with E-state index < -0.39 is 12.1 Å². The molecule has 1 aliphatic rings. The van der Waals surface area contributed by atoms with E-state index in [0.29, 0.717) is 0 Å². The Bertz CT molecular complexity index is 726. The largest absolute Gasteiger partial charge is 0.481 e. The molecule has 1 atom stereocenters. The predicted molar refractivity (Wildman–Crippen MR) is 89.9 cm³/mol. The van der Waals surface area contributed by atoms with E-state index in [0.717, 1.165) is 11.1 Å². The predicted octanol–water partition coefficient (Wildman–Crippen LogP) is 3.39. The van der Waals surface area contributed by atoms with Gasteiger partial charge in [0.2, 0.25) is 0 Å². The number of amides is 1. The van der Waals surface area contributed by atoms with Gasteiger partial charge in [0.05, 0.1) is 6.42 Å². The van der Waals surface area contributed by atoms with Crippen LogP contribution in [0.15, 0.2) is 48.5 Å². The number of alkyl carbamates (subject to hydrolysis) is 1. The Kier molecular flexibility index (Phi) is 4.51. The second kappa shape index (κ2) is 6.74. The zero-order chi connectivity index (χ0) is 17.1. The van der Waals surface area contributed by atoms with Gasteiger partial charge in [-0.25, -0.2) is 4.79 Å². The number of fused-ring (bicyclic) bond motifs is 3. The molecule has 0 saturated heterocycles. The van der Waals surface area contributed by atoms with Gasteiger partial charge in [-0.1, -0.05) is 48.5 Å². The summed E-state index contributed by atoms with van der Waals surface area (Å²) in [5.74, 6) is -0.982. The molecule has 0 aromatic heterocycles. The van der Waals surface area contributed by atoms with Gasteiger partial charge in [-0.05, 0) is 29.2 Å². The molecule has 0 unspecified atom stereocenters. The highest BCUT2D eigenvalue weighted by Crippen LogP contribution is 2.46. The summed E-state index contributed by atoms with van der Waals surface area (Å²) in [5, 5.41) is 11.1. The van der Waals surface area contributed by atoms with Crippen molar-refractivity contribution in [3.8, 4) is 11.1 Å². The number of ether oxygens (including phenoxy) is 1. The Morgan fingerprint density at radius 1 is 1.08 bits per heavy atom. The third-order valence-corrected chi connectivity index (χ3v) is 4.25. The van der Waals surface area contributed by atoms with Crippen molar-refractivity contribution >= 4 is 12.1 Å². The molecule has 1 amide bonds. The van der Waals surface area contributed by atoms with Crippen molar-refractivity contribution in [1.29, 1.82) is 0 Å². The number of hydrogen-bond acceptors (Lipinski definition) is 3. The van der Waals surface area contributed by atoms with Gasteiger partial charge >= 0.3 is 12.1 Å². The number of carboxylic acids is 1. The second-order valence-corrected chi connectivity index (χ2v) is 5.83. The Balaban J connectivity index is 1.76. The second-order valence-electron chi connectivity index (χ2n) is 5.83. The fourth-order valence-corrected chi connectivity index (χ4v) is 3.25. The highest BCUT2D eigenvalue weighted by molar-refractivity contribution is 5.79. The van der Waals surface area contributed by atoms with Gasteiger partial charge < -0.3 is 15.2 Å². The first-order valence-electron chi connectivity index (χ1n) is 7.92. The fourth-order valence-electron chi connectivity index (χ4n) is 3.25. The topological polar surface area (TPSA) is 75.6 Å². The normalized spacial score (nSPS) is 13.7. The van der Waals surface area contributed by atoms with E-state index in [1.165, 1.54) is 11.1 Å². The van der Waals surface area contributed by atoms with E-state index in [1.807, 2.05) is 31.2 Å². The maximum atomic E-state index is 11.9. The molecule has 3 rings (SSSR count). The van der Waals surface area contributed by atoms with E-state index in [4.69, 9.17) is 9.84 Å². The van der Waals surface area contributed by atoms with Crippen LogP contribution in [0.1, 0.15) is 30.4 Å². The van der Waals surface area contributed by atoms with Crippen molar-refractivity contribution in [1.82, 2.24) is 5.32 Å². The van der Waals surface area contributed by atoms with Crippen molar-refractivity contribution in [3.05, 3.63) is 59.7 Å². The monoisotopic (exact) mass is 325 g/mol. The van der Waals surface area contributed by atoms with Crippen LogP contribution in [0, 0.1) is 0 Å². The minimum Gasteiger partial charge on any atom is -0.481 e. The standard InChI is InChI=1S/C19H19NO4/c1-12(24-19(23)20-11-10-17(21)22)18-15-8-4-2-6-13(15)14-7-3-5-9-16(14)18/h2-9,12,18H,10-11H2,1H3,(H,20,23)(H,21,22)/t12-/m1/s1. The minimum atomic E-state index is -0.956. The number of rotatable bonds is 5. The van der Waals surface area contributed by atoms with E-state index >= 15 is 0 Å². The maximum Gasteiger partial charge on any atom is 0.407 e. The van der Waals surface area contributed by atoms with E-state index in [1.54, 1.807) is 0 Å². The summed E-state index contributed by atoms with van der Waals surface area (Å²) in [7, 11) is 0. The van der Waals surface area contributed by atoms with Gasteiger partial charge in [0, 0.05) is 12.5 Å². The molecule has 0 saturated carbocycles. The van der Waals surface area contributed by atoms with Crippen LogP contribution in [0.3, 0.4) is 0 Å². The maximum absolute atomic E-state index is 11.9. The first-order valence-corrected chi connectivity index (χ1v) is 7.92. The molecule has 24 heavy (non-hydrogen) atoms. The molecular weight excluding hydrogens is 306 g/mol. The van der Waals surface area contributed by atoms with Crippen molar-refractivity contribution in [2.24, 2.45) is 0 Å². The van der Waals surface area contributed by atoms with Gasteiger partial charge in [-0.3, -0.25) is 4.79 Å². The highest BCUT2D eigenvalue weighted by atomic mass is 16.6.